The molecule has 0 saturated carbocycles. The standard InChI is InChI=1S/C12H26O7.C4H6O4/c13-1-3-15-5-7-17-9-11-19-12-10-18-8-6-16-4-2-14;5-3(6)1-2-4(7)8/h13-14H,1-12H2;1-2H2,(H,5,6)(H,7,8). The molecule has 0 aliphatic rings. The van der Waals surface area contributed by atoms with Crippen LogP contribution in [0, 0.1) is 0 Å². The summed E-state index contributed by atoms with van der Waals surface area (Å²) in [5.41, 5.74) is 0. The smallest absolute Gasteiger partial charge is 0.303 e. The van der Waals surface area contributed by atoms with Crippen molar-refractivity contribution in [1.82, 2.24) is 0 Å². The second-order valence-corrected chi connectivity index (χ2v) is 4.80. The van der Waals surface area contributed by atoms with Crippen molar-refractivity contribution in [3.8, 4) is 0 Å². The lowest BCUT2D eigenvalue weighted by Gasteiger charge is -2.07. The third-order valence-corrected chi connectivity index (χ3v) is 2.51. The molecule has 0 radical (unpaired) electrons. The lowest BCUT2D eigenvalue weighted by Crippen LogP contribution is -2.14. The fraction of sp³-hybridized carbons (Fsp3) is 0.875. The summed E-state index contributed by atoms with van der Waals surface area (Å²) < 4.78 is 25.8. The van der Waals surface area contributed by atoms with Gasteiger partial charge in [-0.2, -0.15) is 0 Å². The number of rotatable bonds is 19. The Morgan fingerprint density at radius 2 is 0.704 bits per heavy atom. The fourth-order valence-corrected chi connectivity index (χ4v) is 1.32. The first-order valence-corrected chi connectivity index (χ1v) is 8.58. The van der Waals surface area contributed by atoms with Gasteiger partial charge in [-0.05, 0) is 0 Å². The van der Waals surface area contributed by atoms with Crippen LogP contribution in [0.2, 0.25) is 0 Å². The minimum absolute atomic E-state index is 0.0359. The first kappa shape index (κ1) is 27.9. The monoisotopic (exact) mass is 400 g/mol. The maximum Gasteiger partial charge on any atom is 0.303 e. The molecule has 0 unspecified atom stereocenters. The van der Waals surface area contributed by atoms with E-state index in [1.165, 1.54) is 0 Å². The van der Waals surface area contributed by atoms with Crippen LogP contribution in [0.1, 0.15) is 12.8 Å². The van der Waals surface area contributed by atoms with Crippen LogP contribution >= 0.6 is 0 Å². The molecule has 0 spiro atoms. The lowest BCUT2D eigenvalue weighted by molar-refractivity contribution is -0.143. The van der Waals surface area contributed by atoms with E-state index in [-0.39, 0.29) is 26.1 Å². The highest BCUT2D eigenvalue weighted by atomic mass is 16.6. The van der Waals surface area contributed by atoms with E-state index in [4.69, 9.17) is 44.1 Å². The van der Waals surface area contributed by atoms with E-state index in [0.717, 1.165) is 0 Å². The average molecular weight is 400 g/mol. The van der Waals surface area contributed by atoms with Crippen molar-refractivity contribution in [2.24, 2.45) is 0 Å². The van der Waals surface area contributed by atoms with Crippen molar-refractivity contribution < 1.29 is 53.7 Å². The van der Waals surface area contributed by atoms with Gasteiger partial charge in [0.15, 0.2) is 0 Å². The summed E-state index contributed by atoms with van der Waals surface area (Å²) in [7, 11) is 0. The van der Waals surface area contributed by atoms with Gasteiger partial charge in [-0.15, -0.1) is 0 Å². The number of aliphatic carboxylic acids is 2. The molecule has 11 heteroatoms. The lowest BCUT2D eigenvalue weighted by atomic mass is 10.3. The second-order valence-electron chi connectivity index (χ2n) is 4.80. The number of aliphatic hydroxyl groups is 2. The topological polar surface area (TPSA) is 161 Å². The van der Waals surface area contributed by atoms with Crippen molar-refractivity contribution >= 4 is 11.9 Å². The zero-order chi connectivity index (χ0) is 20.6. The predicted molar refractivity (Wildman–Crippen MR) is 92.8 cm³/mol. The summed E-state index contributed by atoms with van der Waals surface area (Å²) >= 11 is 0. The Morgan fingerprint density at radius 1 is 0.481 bits per heavy atom. The largest absolute Gasteiger partial charge is 0.481 e. The van der Waals surface area contributed by atoms with E-state index in [1.54, 1.807) is 0 Å². The van der Waals surface area contributed by atoms with E-state index in [2.05, 4.69) is 0 Å². The molecular weight excluding hydrogens is 368 g/mol. The first-order chi connectivity index (χ1) is 13.0. The minimum Gasteiger partial charge on any atom is -0.481 e. The molecule has 0 aliphatic heterocycles. The third-order valence-electron chi connectivity index (χ3n) is 2.51. The zero-order valence-electron chi connectivity index (χ0n) is 15.5. The van der Waals surface area contributed by atoms with Gasteiger partial charge in [0.1, 0.15) is 0 Å². The van der Waals surface area contributed by atoms with Crippen LogP contribution < -0.4 is 0 Å². The van der Waals surface area contributed by atoms with Gasteiger partial charge in [0, 0.05) is 0 Å². The number of carboxylic acid groups (broad SMARTS) is 2. The molecule has 0 atom stereocenters. The van der Waals surface area contributed by atoms with Gasteiger partial charge in [-0.3, -0.25) is 9.59 Å². The zero-order valence-corrected chi connectivity index (χ0v) is 15.5. The molecule has 0 heterocycles. The van der Waals surface area contributed by atoms with Gasteiger partial charge in [0.25, 0.3) is 0 Å². The number of carbonyl (C=O) groups is 2. The number of ether oxygens (including phenoxy) is 5. The first-order valence-electron chi connectivity index (χ1n) is 8.58. The SMILES string of the molecule is O=C(O)CCC(=O)O.OCCOCCOCCOCCOCCOCCO. The summed E-state index contributed by atoms with van der Waals surface area (Å²) in [4.78, 5) is 19.3. The molecule has 0 aromatic carbocycles. The molecule has 0 fully saturated rings. The molecule has 0 aromatic heterocycles. The second kappa shape index (κ2) is 24.7. The number of carboxylic acids is 2. The van der Waals surface area contributed by atoms with Crippen LogP contribution in [0.25, 0.3) is 0 Å². The van der Waals surface area contributed by atoms with E-state index in [0.29, 0.717) is 66.1 Å². The van der Waals surface area contributed by atoms with Crippen LogP contribution in [-0.2, 0) is 33.3 Å². The number of aliphatic hydroxyl groups excluding tert-OH is 2. The quantitative estimate of drug-likeness (QED) is 0.197. The molecule has 0 rings (SSSR count). The van der Waals surface area contributed by atoms with Crippen molar-refractivity contribution in [2.75, 3.05) is 79.3 Å². The Labute approximate surface area is 158 Å². The van der Waals surface area contributed by atoms with Crippen LogP contribution in [0.5, 0.6) is 0 Å². The highest BCUT2D eigenvalue weighted by Gasteiger charge is 2.00. The van der Waals surface area contributed by atoms with Gasteiger partial charge < -0.3 is 44.1 Å². The van der Waals surface area contributed by atoms with Gasteiger partial charge >= 0.3 is 11.9 Å². The van der Waals surface area contributed by atoms with Gasteiger partial charge in [0.05, 0.1) is 92.1 Å². The van der Waals surface area contributed by atoms with E-state index in [1.807, 2.05) is 0 Å². The molecule has 162 valence electrons. The number of hydrogen-bond donors (Lipinski definition) is 4. The van der Waals surface area contributed by atoms with Crippen LogP contribution in [0.3, 0.4) is 0 Å². The molecule has 27 heavy (non-hydrogen) atoms. The highest BCUT2D eigenvalue weighted by molar-refractivity contribution is 5.75. The number of hydrogen-bond acceptors (Lipinski definition) is 9. The van der Waals surface area contributed by atoms with Crippen molar-refractivity contribution in [2.45, 2.75) is 12.8 Å². The van der Waals surface area contributed by atoms with Crippen molar-refractivity contribution in [3.63, 3.8) is 0 Å². The molecule has 11 nitrogen and oxygen atoms in total. The van der Waals surface area contributed by atoms with Gasteiger partial charge in [-0.1, -0.05) is 0 Å². The summed E-state index contributed by atoms with van der Waals surface area (Å²) in [6, 6.07) is 0. The average Bonchev–Trinajstić information content (AvgIpc) is 2.64. The van der Waals surface area contributed by atoms with E-state index < -0.39 is 11.9 Å². The molecular formula is C16H32O11. The van der Waals surface area contributed by atoms with Crippen molar-refractivity contribution in [1.29, 1.82) is 0 Å². The highest BCUT2D eigenvalue weighted by Crippen LogP contribution is 1.86. The maximum absolute atomic E-state index is 9.64. The summed E-state index contributed by atoms with van der Waals surface area (Å²) in [5.74, 6) is -2.15. The van der Waals surface area contributed by atoms with Gasteiger partial charge in [0.2, 0.25) is 0 Å². The van der Waals surface area contributed by atoms with Crippen molar-refractivity contribution in [3.05, 3.63) is 0 Å². The minimum atomic E-state index is -1.08. The molecule has 4 N–H and O–H groups in total. The molecule has 0 aliphatic carbocycles. The summed E-state index contributed by atoms with van der Waals surface area (Å²) in [6.45, 7) is 4.80. The van der Waals surface area contributed by atoms with E-state index in [9.17, 15) is 9.59 Å². The molecule has 0 bridgehead atoms. The molecule has 0 saturated heterocycles. The predicted octanol–water partition coefficient (Wildman–Crippen LogP) is -1.01. The normalized spacial score (nSPS) is 10.3. The Hall–Kier alpha value is -1.34. The Balaban J connectivity index is 0. The van der Waals surface area contributed by atoms with Crippen LogP contribution in [0.15, 0.2) is 0 Å². The van der Waals surface area contributed by atoms with E-state index >= 15 is 0 Å². The van der Waals surface area contributed by atoms with Crippen LogP contribution in [-0.4, -0.2) is 112 Å². The van der Waals surface area contributed by atoms with Gasteiger partial charge in [-0.25, -0.2) is 0 Å². The molecule has 0 amide bonds. The third kappa shape index (κ3) is 32.8. The van der Waals surface area contributed by atoms with Crippen LogP contribution in [0.4, 0.5) is 0 Å². The Kier molecular flexibility index (Phi) is 25.5. The Bertz CT molecular complexity index is 295. The Morgan fingerprint density at radius 3 is 0.889 bits per heavy atom. The fourth-order valence-electron chi connectivity index (χ4n) is 1.32. The maximum atomic E-state index is 9.64. The summed E-state index contributed by atoms with van der Waals surface area (Å²) in [5, 5.41) is 32.7. The molecule has 0 aromatic rings. The summed E-state index contributed by atoms with van der Waals surface area (Å²) in [6.07, 6.45) is -0.593.